The molecule has 14 heavy (non-hydrogen) atoms. The molecule has 2 atom stereocenters. The van der Waals surface area contributed by atoms with Crippen LogP contribution < -0.4 is 5.32 Å². The number of likely N-dealkylation sites (tertiary alicyclic amines) is 1. The molecule has 0 saturated carbocycles. The summed E-state index contributed by atoms with van der Waals surface area (Å²) in [5.74, 6) is 0. The van der Waals surface area contributed by atoms with E-state index in [1.54, 1.807) is 0 Å². The molecule has 2 heteroatoms. The topological polar surface area (TPSA) is 15.3 Å². The van der Waals surface area contributed by atoms with E-state index in [2.05, 4.69) is 40.5 Å². The first-order chi connectivity index (χ1) is 6.93. The van der Waals surface area contributed by atoms with Gasteiger partial charge in [0, 0.05) is 31.7 Å². The molecule has 0 bridgehead atoms. The summed E-state index contributed by atoms with van der Waals surface area (Å²) in [4.78, 5) is 2.61. The van der Waals surface area contributed by atoms with E-state index in [1.165, 1.54) is 25.1 Å². The van der Waals surface area contributed by atoms with Crippen LogP contribution in [0, 0.1) is 0 Å². The highest BCUT2D eigenvalue weighted by Gasteiger charge is 2.39. The summed E-state index contributed by atoms with van der Waals surface area (Å²) in [7, 11) is 0. The predicted molar refractivity (Wildman–Crippen MR) is 57.0 cm³/mol. The summed E-state index contributed by atoms with van der Waals surface area (Å²) in [6.07, 6.45) is 1.33. The molecule has 74 valence electrons. The maximum atomic E-state index is 3.48. The van der Waals surface area contributed by atoms with E-state index in [4.69, 9.17) is 0 Å². The Morgan fingerprint density at radius 3 is 2.79 bits per heavy atom. The lowest BCUT2D eigenvalue weighted by atomic mass is 10.0. The molecule has 0 amide bonds. The van der Waals surface area contributed by atoms with Crippen LogP contribution in [0.1, 0.15) is 12.0 Å². The molecule has 0 aliphatic carbocycles. The summed E-state index contributed by atoms with van der Waals surface area (Å²) in [6, 6.07) is 12.4. The van der Waals surface area contributed by atoms with Crippen LogP contribution in [0.4, 0.5) is 0 Å². The van der Waals surface area contributed by atoms with Gasteiger partial charge in [-0.1, -0.05) is 30.3 Å². The van der Waals surface area contributed by atoms with Gasteiger partial charge in [-0.05, 0) is 12.0 Å². The lowest BCUT2D eigenvalue weighted by molar-refractivity contribution is 0.168. The van der Waals surface area contributed by atoms with Crippen molar-refractivity contribution >= 4 is 0 Å². The van der Waals surface area contributed by atoms with E-state index in [-0.39, 0.29) is 0 Å². The highest BCUT2D eigenvalue weighted by molar-refractivity contribution is 5.15. The van der Waals surface area contributed by atoms with Gasteiger partial charge in [-0.15, -0.1) is 0 Å². The fourth-order valence-corrected chi connectivity index (χ4v) is 2.55. The van der Waals surface area contributed by atoms with Gasteiger partial charge in [0.15, 0.2) is 0 Å². The molecule has 1 aromatic carbocycles. The molecule has 1 unspecified atom stereocenters. The third-order valence-corrected chi connectivity index (χ3v) is 3.48. The molecule has 0 aromatic heterocycles. The van der Waals surface area contributed by atoms with Crippen LogP contribution in [-0.2, 0) is 6.54 Å². The summed E-state index contributed by atoms with van der Waals surface area (Å²) in [5, 5.41) is 3.48. The van der Waals surface area contributed by atoms with E-state index < -0.39 is 0 Å². The second kappa shape index (κ2) is 3.37. The van der Waals surface area contributed by atoms with Crippen molar-refractivity contribution in [2.75, 3.05) is 13.1 Å². The summed E-state index contributed by atoms with van der Waals surface area (Å²) < 4.78 is 0. The van der Waals surface area contributed by atoms with Gasteiger partial charge in [0.1, 0.15) is 0 Å². The number of hydrogen-bond donors (Lipinski definition) is 1. The maximum Gasteiger partial charge on any atom is 0.0378 e. The highest BCUT2D eigenvalue weighted by Crippen LogP contribution is 2.25. The number of hydrogen-bond acceptors (Lipinski definition) is 2. The fraction of sp³-hybridized carbons (Fsp3) is 0.500. The lowest BCUT2D eigenvalue weighted by Crippen LogP contribution is -2.58. The summed E-state index contributed by atoms with van der Waals surface area (Å²) in [6.45, 7) is 3.58. The van der Waals surface area contributed by atoms with Gasteiger partial charge < -0.3 is 5.32 Å². The summed E-state index contributed by atoms with van der Waals surface area (Å²) in [5.41, 5.74) is 1.44. The van der Waals surface area contributed by atoms with Crippen LogP contribution in [0.3, 0.4) is 0 Å². The first-order valence-electron chi connectivity index (χ1n) is 5.45. The van der Waals surface area contributed by atoms with Gasteiger partial charge >= 0.3 is 0 Å². The SMILES string of the molecule is c1ccc(CN2CCC3NC[C@@H]32)cc1. The van der Waals surface area contributed by atoms with Crippen molar-refractivity contribution in [2.24, 2.45) is 0 Å². The largest absolute Gasteiger partial charge is 0.311 e. The number of benzene rings is 1. The number of nitrogens with zero attached hydrogens (tertiary/aromatic N) is 1. The molecule has 0 radical (unpaired) electrons. The normalized spacial score (nSPS) is 31.1. The van der Waals surface area contributed by atoms with E-state index in [9.17, 15) is 0 Å². The fourth-order valence-electron chi connectivity index (χ4n) is 2.55. The smallest absolute Gasteiger partial charge is 0.0378 e. The van der Waals surface area contributed by atoms with E-state index in [0.717, 1.165) is 18.6 Å². The third kappa shape index (κ3) is 1.35. The molecule has 2 heterocycles. The van der Waals surface area contributed by atoms with Gasteiger partial charge in [-0.2, -0.15) is 0 Å². The Labute approximate surface area is 84.9 Å². The average Bonchev–Trinajstić information content (AvgIpc) is 2.42. The van der Waals surface area contributed by atoms with Crippen LogP contribution in [-0.4, -0.2) is 30.1 Å². The van der Waals surface area contributed by atoms with Gasteiger partial charge in [-0.3, -0.25) is 4.90 Å². The predicted octanol–water partition coefficient (Wildman–Crippen LogP) is 1.23. The third-order valence-electron chi connectivity index (χ3n) is 3.48. The molecule has 2 fully saturated rings. The van der Waals surface area contributed by atoms with Gasteiger partial charge in [0.2, 0.25) is 0 Å². The molecule has 1 N–H and O–H groups in total. The lowest BCUT2D eigenvalue weighted by Gasteiger charge is -2.37. The molecular formula is C12H16N2. The zero-order chi connectivity index (χ0) is 9.38. The van der Waals surface area contributed by atoms with Crippen molar-refractivity contribution < 1.29 is 0 Å². The Bertz CT molecular complexity index is 309. The molecule has 2 aliphatic heterocycles. The van der Waals surface area contributed by atoms with Crippen molar-refractivity contribution in [3.63, 3.8) is 0 Å². The quantitative estimate of drug-likeness (QED) is 0.751. The van der Waals surface area contributed by atoms with Crippen molar-refractivity contribution in [1.82, 2.24) is 10.2 Å². The average molecular weight is 188 g/mol. The molecular weight excluding hydrogens is 172 g/mol. The molecule has 2 saturated heterocycles. The Morgan fingerprint density at radius 1 is 1.29 bits per heavy atom. The molecule has 2 aliphatic rings. The number of fused-ring (bicyclic) bond motifs is 1. The number of nitrogens with one attached hydrogen (secondary N) is 1. The Hall–Kier alpha value is -0.860. The zero-order valence-corrected chi connectivity index (χ0v) is 8.32. The Morgan fingerprint density at radius 2 is 2.14 bits per heavy atom. The van der Waals surface area contributed by atoms with Crippen molar-refractivity contribution in [1.29, 1.82) is 0 Å². The highest BCUT2D eigenvalue weighted by atomic mass is 15.3. The Balaban J connectivity index is 1.68. The molecule has 2 nitrogen and oxygen atoms in total. The number of rotatable bonds is 2. The van der Waals surface area contributed by atoms with Crippen LogP contribution >= 0.6 is 0 Å². The monoisotopic (exact) mass is 188 g/mol. The second-order valence-corrected chi connectivity index (χ2v) is 4.33. The van der Waals surface area contributed by atoms with Crippen LogP contribution in [0.2, 0.25) is 0 Å². The second-order valence-electron chi connectivity index (χ2n) is 4.33. The summed E-state index contributed by atoms with van der Waals surface area (Å²) >= 11 is 0. The van der Waals surface area contributed by atoms with E-state index >= 15 is 0 Å². The molecule has 3 rings (SSSR count). The minimum Gasteiger partial charge on any atom is -0.311 e. The molecule has 1 aromatic rings. The first-order valence-corrected chi connectivity index (χ1v) is 5.45. The van der Waals surface area contributed by atoms with Gasteiger partial charge in [-0.25, -0.2) is 0 Å². The van der Waals surface area contributed by atoms with Crippen molar-refractivity contribution in [2.45, 2.75) is 25.0 Å². The van der Waals surface area contributed by atoms with Crippen LogP contribution in [0.5, 0.6) is 0 Å². The Kier molecular flexibility index (Phi) is 2.03. The van der Waals surface area contributed by atoms with E-state index in [0.29, 0.717) is 0 Å². The minimum atomic E-state index is 0.790. The first kappa shape index (κ1) is 8.45. The minimum absolute atomic E-state index is 0.790. The van der Waals surface area contributed by atoms with Crippen molar-refractivity contribution in [3.05, 3.63) is 35.9 Å². The van der Waals surface area contributed by atoms with E-state index in [1.807, 2.05) is 0 Å². The standard InChI is InChI=1S/C12H16N2/c1-2-4-10(5-3-1)9-14-7-6-11-12(14)8-13-11/h1-5,11-13H,6-9H2/t11?,12-/m0/s1. The van der Waals surface area contributed by atoms with Crippen molar-refractivity contribution in [3.8, 4) is 0 Å². The maximum absolute atomic E-state index is 3.48. The van der Waals surface area contributed by atoms with Crippen LogP contribution in [0.25, 0.3) is 0 Å². The van der Waals surface area contributed by atoms with Crippen LogP contribution in [0.15, 0.2) is 30.3 Å². The zero-order valence-electron chi connectivity index (χ0n) is 8.32. The van der Waals surface area contributed by atoms with Gasteiger partial charge in [0.05, 0.1) is 0 Å². The molecule has 0 spiro atoms. The van der Waals surface area contributed by atoms with Gasteiger partial charge in [0.25, 0.3) is 0 Å².